The highest BCUT2D eigenvalue weighted by molar-refractivity contribution is 7.13. The molecule has 1 aromatic carbocycles. The van der Waals surface area contributed by atoms with Crippen molar-refractivity contribution >= 4 is 22.4 Å². The number of benzene rings is 1. The first-order valence-electron chi connectivity index (χ1n) is 5.05. The number of carbonyl (C=O) groups is 1. The van der Waals surface area contributed by atoms with Gasteiger partial charge in [0.2, 0.25) is 5.13 Å². The van der Waals surface area contributed by atoms with Crippen LogP contribution in [0.3, 0.4) is 0 Å². The van der Waals surface area contributed by atoms with E-state index < -0.39 is 11.9 Å². The highest BCUT2D eigenvalue weighted by Gasteiger charge is 2.19. The first-order chi connectivity index (χ1) is 8.27. The van der Waals surface area contributed by atoms with Crippen molar-refractivity contribution in [2.24, 2.45) is 0 Å². The fourth-order valence-electron chi connectivity index (χ4n) is 1.47. The third-order valence-corrected chi connectivity index (χ3v) is 2.97. The SMILES string of the molecule is O=C(O)C(CNc1nncs1)c1ccccc1. The molecular weight excluding hydrogens is 238 g/mol. The van der Waals surface area contributed by atoms with Crippen LogP contribution in [0.15, 0.2) is 35.8 Å². The average Bonchev–Trinajstić information content (AvgIpc) is 2.83. The van der Waals surface area contributed by atoms with Crippen molar-refractivity contribution in [2.45, 2.75) is 5.92 Å². The van der Waals surface area contributed by atoms with Crippen LogP contribution in [0.4, 0.5) is 5.13 Å². The Labute approximate surface area is 102 Å². The van der Waals surface area contributed by atoms with Crippen molar-refractivity contribution in [2.75, 3.05) is 11.9 Å². The van der Waals surface area contributed by atoms with Crippen LogP contribution in [0, 0.1) is 0 Å². The minimum atomic E-state index is -0.854. The molecule has 1 atom stereocenters. The Morgan fingerprint density at radius 2 is 2.18 bits per heavy atom. The number of carboxylic acids is 1. The van der Waals surface area contributed by atoms with E-state index in [2.05, 4.69) is 15.5 Å². The Kier molecular flexibility index (Phi) is 3.66. The lowest BCUT2D eigenvalue weighted by molar-refractivity contribution is -0.138. The lowest BCUT2D eigenvalue weighted by Gasteiger charge is -2.12. The maximum atomic E-state index is 11.2. The van der Waals surface area contributed by atoms with Crippen molar-refractivity contribution < 1.29 is 9.90 Å². The summed E-state index contributed by atoms with van der Waals surface area (Å²) in [6, 6.07) is 9.13. The Hall–Kier alpha value is -1.95. The Bertz CT molecular complexity index is 473. The smallest absolute Gasteiger partial charge is 0.312 e. The summed E-state index contributed by atoms with van der Waals surface area (Å²) >= 11 is 1.35. The van der Waals surface area contributed by atoms with Crippen LogP contribution >= 0.6 is 11.3 Å². The van der Waals surface area contributed by atoms with Crippen molar-refractivity contribution in [3.63, 3.8) is 0 Å². The van der Waals surface area contributed by atoms with Gasteiger partial charge >= 0.3 is 5.97 Å². The van der Waals surface area contributed by atoms with Gasteiger partial charge in [-0.25, -0.2) is 0 Å². The molecule has 1 unspecified atom stereocenters. The van der Waals surface area contributed by atoms with E-state index in [0.717, 1.165) is 5.56 Å². The van der Waals surface area contributed by atoms with Crippen LogP contribution in [-0.4, -0.2) is 27.8 Å². The van der Waals surface area contributed by atoms with E-state index in [1.54, 1.807) is 17.6 Å². The number of nitrogens with one attached hydrogen (secondary N) is 1. The second-order valence-corrected chi connectivity index (χ2v) is 4.26. The summed E-state index contributed by atoms with van der Waals surface area (Å²) in [5.74, 6) is -1.44. The number of rotatable bonds is 5. The molecule has 1 heterocycles. The van der Waals surface area contributed by atoms with Gasteiger partial charge in [0.05, 0.1) is 5.92 Å². The van der Waals surface area contributed by atoms with Crippen LogP contribution in [-0.2, 0) is 4.79 Å². The number of hydrogen-bond acceptors (Lipinski definition) is 5. The molecule has 2 rings (SSSR count). The lowest BCUT2D eigenvalue weighted by atomic mass is 9.99. The van der Waals surface area contributed by atoms with E-state index in [1.807, 2.05) is 18.2 Å². The van der Waals surface area contributed by atoms with E-state index >= 15 is 0 Å². The van der Waals surface area contributed by atoms with Crippen molar-refractivity contribution in [1.82, 2.24) is 10.2 Å². The molecule has 17 heavy (non-hydrogen) atoms. The number of anilines is 1. The van der Waals surface area contributed by atoms with Crippen molar-refractivity contribution in [1.29, 1.82) is 0 Å². The molecule has 1 aromatic heterocycles. The summed E-state index contributed by atoms with van der Waals surface area (Å²) in [7, 11) is 0. The number of aliphatic carboxylic acids is 1. The molecule has 0 fully saturated rings. The van der Waals surface area contributed by atoms with Crippen molar-refractivity contribution in [3.8, 4) is 0 Å². The predicted molar refractivity (Wildman–Crippen MR) is 65.2 cm³/mol. The molecule has 0 bridgehead atoms. The van der Waals surface area contributed by atoms with Gasteiger partial charge in [0.15, 0.2) is 0 Å². The molecule has 2 N–H and O–H groups in total. The van der Waals surface area contributed by atoms with Gasteiger partial charge in [0.25, 0.3) is 0 Å². The third-order valence-electron chi connectivity index (χ3n) is 2.32. The number of nitrogens with zero attached hydrogens (tertiary/aromatic N) is 2. The van der Waals surface area contributed by atoms with Crippen molar-refractivity contribution in [3.05, 3.63) is 41.4 Å². The lowest BCUT2D eigenvalue weighted by Crippen LogP contribution is -2.20. The van der Waals surface area contributed by atoms with E-state index in [-0.39, 0.29) is 0 Å². The zero-order valence-corrected chi connectivity index (χ0v) is 9.72. The van der Waals surface area contributed by atoms with Gasteiger partial charge in [-0.1, -0.05) is 41.7 Å². The van der Waals surface area contributed by atoms with Crippen LogP contribution in [0.25, 0.3) is 0 Å². The largest absolute Gasteiger partial charge is 0.481 e. The maximum absolute atomic E-state index is 11.2. The number of aromatic nitrogens is 2. The van der Waals surface area contributed by atoms with Gasteiger partial charge in [0.1, 0.15) is 5.51 Å². The molecule has 6 heteroatoms. The summed E-state index contributed by atoms with van der Waals surface area (Å²) in [5, 5.41) is 20.3. The van der Waals surface area contributed by atoms with Gasteiger partial charge < -0.3 is 10.4 Å². The number of carboxylic acid groups (broad SMARTS) is 1. The van der Waals surface area contributed by atoms with Crippen LogP contribution < -0.4 is 5.32 Å². The maximum Gasteiger partial charge on any atom is 0.312 e. The fraction of sp³-hybridized carbons (Fsp3) is 0.182. The van der Waals surface area contributed by atoms with Gasteiger partial charge in [-0.3, -0.25) is 4.79 Å². The molecule has 88 valence electrons. The quantitative estimate of drug-likeness (QED) is 0.845. The Balaban J connectivity index is 2.06. The van der Waals surface area contributed by atoms with E-state index in [0.29, 0.717) is 11.7 Å². The second kappa shape index (κ2) is 5.40. The van der Waals surface area contributed by atoms with Crippen LogP contribution in [0.1, 0.15) is 11.5 Å². The van der Waals surface area contributed by atoms with E-state index in [9.17, 15) is 9.90 Å². The molecule has 0 aliphatic heterocycles. The van der Waals surface area contributed by atoms with Gasteiger partial charge in [0, 0.05) is 6.54 Å². The second-order valence-electron chi connectivity index (χ2n) is 3.43. The normalized spacial score (nSPS) is 12.0. The molecule has 0 aliphatic carbocycles. The molecule has 0 saturated heterocycles. The summed E-state index contributed by atoms with van der Waals surface area (Å²) in [5.41, 5.74) is 2.37. The zero-order chi connectivity index (χ0) is 12.1. The molecule has 0 radical (unpaired) electrons. The molecule has 0 spiro atoms. The number of hydrogen-bond donors (Lipinski definition) is 2. The standard InChI is InChI=1S/C11H11N3O2S/c15-10(16)9(8-4-2-1-3-5-8)6-12-11-14-13-7-17-11/h1-5,7,9H,6H2,(H,12,14)(H,15,16). The summed E-state index contributed by atoms with van der Waals surface area (Å²) in [6.07, 6.45) is 0. The Morgan fingerprint density at radius 1 is 1.41 bits per heavy atom. The first kappa shape index (κ1) is 11.5. The van der Waals surface area contributed by atoms with E-state index in [1.165, 1.54) is 11.3 Å². The average molecular weight is 249 g/mol. The monoisotopic (exact) mass is 249 g/mol. The fourth-order valence-corrected chi connectivity index (χ4v) is 1.93. The molecular formula is C11H11N3O2S. The van der Waals surface area contributed by atoms with Gasteiger partial charge in [-0.2, -0.15) is 0 Å². The molecule has 0 aliphatic rings. The topological polar surface area (TPSA) is 75.1 Å². The Morgan fingerprint density at radius 3 is 2.76 bits per heavy atom. The van der Waals surface area contributed by atoms with E-state index in [4.69, 9.17) is 0 Å². The highest BCUT2D eigenvalue weighted by Crippen LogP contribution is 2.17. The van der Waals surface area contributed by atoms with Gasteiger partial charge in [-0.05, 0) is 5.56 Å². The molecule has 0 saturated carbocycles. The first-order valence-corrected chi connectivity index (χ1v) is 5.93. The molecule has 0 amide bonds. The van der Waals surface area contributed by atoms with Gasteiger partial charge in [-0.15, -0.1) is 10.2 Å². The summed E-state index contributed by atoms with van der Waals surface area (Å²) < 4.78 is 0. The third kappa shape index (κ3) is 3.01. The van der Waals surface area contributed by atoms with Crippen LogP contribution in [0.5, 0.6) is 0 Å². The molecule has 2 aromatic rings. The summed E-state index contributed by atoms with van der Waals surface area (Å²) in [6.45, 7) is 0.300. The predicted octanol–water partition coefficient (Wildman–Crippen LogP) is 1.82. The summed E-state index contributed by atoms with van der Waals surface area (Å²) in [4.78, 5) is 11.2. The molecule has 5 nitrogen and oxygen atoms in total. The minimum Gasteiger partial charge on any atom is -0.481 e. The minimum absolute atomic E-state index is 0.300. The highest BCUT2D eigenvalue weighted by atomic mass is 32.1. The zero-order valence-electron chi connectivity index (χ0n) is 8.91. The van der Waals surface area contributed by atoms with Crippen LogP contribution in [0.2, 0.25) is 0 Å².